The Bertz CT molecular complexity index is 152. The largest absolute Gasteiger partial charge is 0.377 e. The maximum Gasteiger partial charge on any atom is 0.0671 e. The van der Waals surface area contributed by atoms with E-state index in [1.165, 1.54) is 57.8 Å². The average molecular weight is 226 g/mol. The van der Waals surface area contributed by atoms with Crippen molar-refractivity contribution in [2.45, 2.75) is 71.6 Å². The van der Waals surface area contributed by atoms with Crippen molar-refractivity contribution in [1.29, 1.82) is 0 Å². The Morgan fingerprint density at radius 1 is 0.875 bits per heavy atom. The zero-order valence-corrected chi connectivity index (χ0v) is 11.4. The third-order valence-corrected chi connectivity index (χ3v) is 2.74. The molecule has 0 aromatic heterocycles. The Morgan fingerprint density at radius 2 is 1.38 bits per heavy atom. The Hall–Kier alpha value is -0.300. The zero-order chi connectivity index (χ0) is 12.1. The highest BCUT2D eigenvalue weighted by Gasteiger charge is 1.92. The molecule has 0 amide bonds. The molecule has 0 atom stereocenters. The lowest BCUT2D eigenvalue weighted by Gasteiger charge is -2.04. The molecule has 0 fully saturated rings. The summed E-state index contributed by atoms with van der Waals surface area (Å²) in [5.41, 5.74) is 1.12. The van der Waals surface area contributed by atoms with Crippen molar-refractivity contribution in [1.82, 2.24) is 0 Å². The fraction of sp³-hybridized carbons (Fsp3) is 0.867. The molecule has 0 heterocycles. The van der Waals surface area contributed by atoms with Crippen LogP contribution < -0.4 is 0 Å². The minimum Gasteiger partial charge on any atom is -0.377 e. The molecular formula is C15H30O. The molecule has 16 heavy (non-hydrogen) atoms. The Labute approximate surface area is 102 Å². The molecule has 96 valence electrons. The molecule has 0 N–H and O–H groups in total. The minimum absolute atomic E-state index is 0.733. The molecule has 0 aliphatic rings. The highest BCUT2D eigenvalue weighted by Crippen LogP contribution is 2.09. The van der Waals surface area contributed by atoms with Gasteiger partial charge in [0, 0.05) is 6.61 Å². The fourth-order valence-electron chi connectivity index (χ4n) is 1.76. The smallest absolute Gasteiger partial charge is 0.0671 e. The van der Waals surface area contributed by atoms with E-state index in [1.807, 2.05) is 6.92 Å². The van der Waals surface area contributed by atoms with Gasteiger partial charge in [-0.3, -0.25) is 0 Å². The second kappa shape index (κ2) is 12.8. The first-order valence-electron chi connectivity index (χ1n) is 6.99. The standard InChI is InChI=1S/C15H30O/c1-4-5-6-7-8-9-10-11-12-13-16-14-15(2)3/h2,4-14H2,1,3H3. The molecule has 0 aliphatic heterocycles. The summed E-state index contributed by atoms with van der Waals surface area (Å²) in [5.74, 6) is 0. The van der Waals surface area contributed by atoms with Gasteiger partial charge in [-0.25, -0.2) is 0 Å². The van der Waals surface area contributed by atoms with Crippen LogP contribution in [0.4, 0.5) is 0 Å². The third kappa shape index (κ3) is 13.7. The summed E-state index contributed by atoms with van der Waals surface area (Å²) >= 11 is 0. The van der Waals surface area contributed by atoms with E-state index in [-0.39, 0.29) is 0 Å². The van der Waals surface area contributed by atoms with Crippen LogP contribution in [0.15, 0.2) is 12.2 Å². The van der Waals surface area contributed by atoms with Crippen molar-refractivity contribution < 1.29 is 4.74 Å². The SMILES string of the molecule is C=C(C)COCCCCCCCCCCC. The predicted molar refractivity (Wildman–Crippen MR) is 72.9 cm³/mol. The Morgan fingerprint density at radius 3 is 1.88 bits per heavy atom. The van der Waals surface area contributed by atoms with Gasteiger partial charge in [-0.05, 0) is 13.3 Å². The van der Waals surface area contributed by atoms with Crippen LogP contribution in [-0.2, 0) is 4.74 Å². The van der Waals surface area contributed by atoms with Gasteiger partial charge in [0.1, 0.15) is 0 Å². The van der Waals surface area contributed by atoms with Gasteiger partial charge < -0.3 is 4.74 Å². The summed E-state index contributed by atoms with van der Waals surface area (Å²) < 4.78 is 5.46. The molecule has 1 heteroatoms. The fourth-order valence-corrected chi connectivity index (χ4v) is 1.76. The molecule has 0 rings (SSSR count). The summed E-state index contributed by atoms with van der Waals surface area (Å²) in [6.07, 6.45) is 12.4. The third-order valence-electron chi connectivity index (χ3n) is 2.74. The van der Waals surface area contributed by atoms with E-state index in [2.05, 4.69) is 13.5 Å². The maximum absolute atomic E-state index is 5.46. The molecule has 0 radical (unpaired) electrons. The lowest BCUT2D eigenvalue weighted by atomic mass is 10.1. The molecule has 0 saturated carbocycles. The van der Waals surface area contributed by atoms with Crippen LogP contribution in [0.3, 0.4) is 0 Å². The molecular weight excluding hydrogens is 196 g/mol. The number of hydrogen-bond acceptors (Lipinski definition) is 1. The maximum atomic E-state index is 5.46. The first-order valence-corrected chi connectivity index (χ1v) is 6.99. The van der Waals surface area contributed by atoms with Crippen molar-refractivity contribution in [3.05, 3.63) is 12.2 Å². The quantitative estimate of drug-likeness (QED) is 0.332. The van der Waals surface area contributed by atoms with Crippen LogP contribution in [-0.4, -0.2) is 13.2 Å². The highest BCUT2D eigenvalue weighted by atomic mass is 16.5. The molecule has 0 aliphatic carbocycles. The van der Waals surface area contributed by atoms with E-state index >= 15 is 0 Å². The molecule has 1 nitrogen and oxygen atoms in total. The molecule has 0 unspecified atom stereocenters. The number of hydrogen-bond donors (Lipinski definition) is 0. The van der Waals surface area contributed by atoms with Crippen LogP contribution in [0.2, 0.25) is 0 Å². The summed E-state index contributed by atoms with van der Waals surface area (Å²) in [6.45, 7) is 9.73. The van der Waals surface area contributed by atoms with Crippen molar-refractivity contribution >= 4 is 0 Å². The predicted octanol–water partition coefficient (Wildman–Crippen LogP) is 5.11. The van der Waals surface area contributed by atoms with Gasteiger partial charge in [0.15, 0.2) is 0 Å². The average Bonchev–Trinajstić information content (AvgIpc) is 2.25. The van der Waals surface area contributed by atoms with E-state index in [1.54, 1.807) is 0 Å². The number of unbranched alkanes of at least 4 members (excludes halogenated alkanes) is 8. The van der Waals surface area contributed by atoms with E-state index in [0.717, 1.165) is 18.8 Å². The van der Waals surface area contributed by atoms with Gasteiger partial charge in [0.25, 0.3) is 0 Å². The van der Waals surface area contributed by atoms with Crippen molar-refractivity contribution in [3.63, 3.8) is 0 Å². The Balaban J connectivity index is 2.90. The van der Waals surface area contributed by atoms with Gasteiger partial charge >= 0.3 is 0 Å². The first kappa shape index (κ1) is 15.7. The molecule has 0 saturated heterocycles. The van der Waals surface area contributed by atoms with Gasteiger partial charge in [0.2, 0.25) is 0 Å². The lowest BCUT2D eigenvalue weighted by Crippen LogP contribution is -1.97. The first-order chi connectivity index (χ1) is 7.77. The lowest BCUT2D eigenvalue weighted by molar-refractivity contribution is 0.151. The zero-order valence-electron chi connectivity index (χ0n) is 11.4. The Kier molecular flexibility index (Phi) is 12.5. The number of ether oxygens (including phenoxy) is 1. The van der Waals surface area contributed by atoms with Gasteiger partial charge in [-0.2, -0.15) is 0 Å². The summed E-state index contributed by atoms with van der Waals surface area (Å²) in [4.78, 5) is 0. The van der Waals surface area contributed by atoms with Crippen molar-refractivity contribution in [3.8, 4) is 0 Å². The van der Waals surface area contributed by atoms with Crippen LogP contribution in [0.5, 0.6) is 0 Å². The van der Waals surface area contributed by atoms with Gasteiger partial charge in [0.05, 0.1) is 6.61 Å². The minimum atomic E-state index is 0.733. The van der Waals surface area contributed by atoms with Crippen LogP contribution in [0.1, 0.15) is 71.6 Å². The van der Waals surface area contributed by atoms with Gasteiger partial charge in [-0.1, -0.05) is 70.4 Å². The highest BCUT2D eigenvalue weighted by molar-refractivity contribution is 4.87. The van der Waals surface area contributed by atoms with Crippen LogP contribution in [0.25, 0.3) is 0 Å². The molecule has 0 aromatic rings. The van der Waals surface area contributed by atoms with E-state index in [4.69, 9.17) is 4.74 Å². The van der Waals surface area contributed by atoms with Crippen LogP contribution >= 0.6 is 0 Å². The van der Waals surface area contributed by atoms with Crippen molar-refractivity contribution in [2.24, 2.45) is 0 Å². The normalized spacial score (nSPS) is 10.6. The van der Waals surface area contributed by atoms with Crippen molar-refractivity contribution in [2.75, 3.05) is 13.2 Å². The summed E-state index contributed by atoms with van der Waals surface area (Å²) in [5, 5.41) is 0. The molecule has 0 bridgehead atoms. The second-order valence-corrected chi connectivity index (χ2v) is 4.84. The van der Waals surface area contributed by atoms with Crippen LogP contribution in [0, 0.1) is 0 Å². The molecule has 0 spiro atoms. The second-order valence-electron chi connectivity index (χ2n) is 4.84. The summed E-state index contributed by atoms with van der Waals surface area (Å²) in [7, 11) is 0. The topological polar surface area (TPSA) is 9.23 Å². The molecule has 0 aromatic carbocycles. The van der Waals surface area contributed by atoms with E-state index in [0.29, 0.717) is 0 Å². The summed E-state index contributed by atoms with van der Waals surface area (Å²) in [6, 6.07) is 0. The number of rotatable bonds is 12. The van der Waals surface area contributed by atoms with E-state index < -0.39 is 0 Å². The van der Waals surface area contributed by atoms with Gasteiger partial charge in [-0.15, -0.1) is 0 Å². The monoisotopic (exact) mass is 226 g/mol. The van der Waals surface area contributed by atoms with E-state index in [9.17, 15) is 0 Å².